The number of imidazole rings is 1. The van der Waals surface area contributed by atoms with Gasteiger partial charge in [0.1, 0.15) is 28.9 Å². The molecule has 0 aliphatic carbocycles. The van der Waals surface area contributed by atoms with Gasteiger partial charge in [0.05, 0.1) is 17.5 Å². The van der Waals surface area contributed by atoms with Crippen LogP contribution in [0.3, 0.4) is 0 Å². The minimum Gasteiger partial charge on any atom is -0.383 e. The van der Waals surface area contributed by atoms with Crippen molar-refractivity contribution in [3.05, 3.63) is 84.6 Å². The Morgan fingerprint density at radius 3 is 2.52 bits per heavy atom. The molecule has 1 aromatic carbocycles. The predicted molar refractivity (Wildman–Crippen MR) is 165 cm³/mol. The first-order valence-electron chi connectivity index (χ1n) is 14.6. The molecule has 230 valence electrons. The molecule has 13 nitrogen and oxygen atoms in total. The highest BCUT2D eigenvalue weighted by atomic mass is 19.3. The molecule has 1 aliphatic rings. The van der Waals surface area contributed by atoms with Crippen LogP contribution < -0.4 is 11.1 Å². The summed E-state index contributed by atoms with van der Waals surface area (Å²) in [5.74, 6) is 1.69. The summed E-state index contributed by atoms with van der Waals surface area (Å²) in [4.78, 5) is 24.4. The van der Waals surface area contributed by atoms with Crippen molar-refractivity contribution in [1.29, 1.82) is 5.26 Å². The van der Waals surface area contributed by atoms with Crippen molar-refractivity contribution >= 4 is 22.8 Å². The van der Waals surface area contributed by atoms with Gasteiger partial charge in [-0.3, -0.25) is 9.47 Å². The van der Waals surface area contributed by atoms with E-state index in [4.69, 9.17) is 21.0 Å². The molecule has 7 rings (SSSR count). The van der Waals surface area contributed by atoms with E-state index < -0.39 is 6.55 Å². The highest BCUT2D eigenvalue weighted by molar-refractivity contribution is 5.84. The Morgan fingerprint density at radius 2 is 1.78 bits per heavy atom. The third-order valence-electron chi connectivity index (χ3n) is 7.85. The lowest BCUT2D eigenvalue weighted by atomic mass is 10.0. The number of hydrogen-bond acceptors (Lipinski definition) is 11. The number of nitrogens with zero attached hydrogens (tertiary/aromatic N) is 11. The molecule has 0 atom stereocenters. The number of aromatic nitrogens is 9. The van der Waals surface area contributed by atoms with Gasteiger partial charge in [-0.05, 0) is 60.9 Å². The predicted octanol–water partition coefficient (Wildman–Crippen LogP) is 4.46. The van der Waals surface area contributed by atoms with Crippen LogP contribution in [0.25, 0.3) is 39.6 Å². The second kappa shape index (κ2) is 12.3. The van der Waals surface area contributed by atoms with Gasteiger partial charge < -0.3 is 11.1 Å². The van der Waals surface area contributed by atoms with Crippen molar-refractivity contribution in [1.82, 2.24) is 49.4 Å². The van der Waals surface area contributed by atoms with Gasteiger partial charge in [-0.2, -0.15) is 18.7 Å². The molecule has 0 bridgehead atoms. The number of nitriles is 1. The first-order chi connectivity index (χ1) is 22.4. The van der Waals surface area contributed by atoms with Crippen LogP contribution in [0.4, 0.5) is 20.4 Å². The molecule has 1 aliphatic heterocycles. The molecule has 3 N–H and O–H groups in total. The monoisotopic (exact) mass is 619 g/mol. The quantitative estimate of drug-likeness (QED) is 0.247. The molecule has 1 saturated heterocycles. The van der Waals surface area contributed by atoms with Crippen LogP contribution in [0.15, 0.2) is 73.2 Å². The zero-order valence-corrected chi connectivity index (χ0v) is 24.4. The molecule has 0 spiro atoms. The molecule has 15 heteroatoms. The lowest BCUT2D eigenvalue weighted by molar-refractivity contribution is 0.0546. The lowest BCUT2D eigenvalue weighted by Crippen LogP contribution is -2.38. The van der Waals surface area contributed by atoms with Crippen molar-refractivity contribution in [2.24, 2.45) is 0 Å². The molecule has 46 heavy (non-hydrogen) atoms. The number of halogens is 2. The fourth-order valence-corrected chi connectivity index (χ4v) is 5.57. The number of alkyl halides is 2. The topological polar surface area (TPSA) is 165 Å². The highest BCUT2D eigenvalue weighted by Crippen LogP contribution is 2.32. The Morgan fingerprint density at radius 1 is 0.957 bits per heavy atom. The Bertz CT molecular complexity index is 2040. The maximum atomic E-state index is 13.2. The van der Waals surface area contributed by atoms with Crippen molar-refractivity contribution in [2.45, 2.75) is 32.0 Å². The summed E-state index contributed by atoms with van der Waals surface area (Å²) in [6, 6.07) is 19.2. The number of rotatable bonds is 8. The number of nitrogens with one attached hydrogen (secondary N) is 1. The average Bonchev–Trinajstić information content (AvgIpc) is 3.72. The zero-order valence-electron chi connectivity index (χ0n) is 24.4. The van der Waals surface area contributed by atoms with Gasteiger partial charge in [0.25, 0.3) is 0 Å². The number of nitrogen functional groups attached to an aromatic ring is 1. The van der Waals surface area contributed by atoms with Gasteiger partial charge in [-0.15, -0.1) is 5.10 Å². The summed E-state index contributed by atoms with van der Waals surface area (Å²) in [7, 11) is 0. The molecule has 0 saturated carbocycles. The number of benzene rings is 1. The SMILES string of the molecule is N#Cc1nccc(NC2CCN(Cc3ccc(-n4c(-c5cccnc5N)nc5ccc(-c6cn(C(F)F)nn6)nc54)cc3)CC2)n1. The van der Waals surface area contributed by atoms with E-state index in [-0.39, 0.29) is 17.6 Å². The third kappa shape index (κ3) is 5.81. The van der Waals surface area contributed by atoms with Crippen molar-refractivity contribution in [3.63, 3.8) is 0 Å². The maximum Gasteiger partial charge on any atom is 0.334 e. The second-order valence-electron chi connectivity index (χ2n) is 10.8. The van der Waals surface area contributed by atoms with Crippen LogP contribution in [-0.2, 0) is 6.54 Å². The van der Waals surface area contributed by atoms with E-state index in [9.17, 15) is 8.78 Å². The van der Waals surface area contributed by atoms with Gasteiger partial charge in [0, 0.05) is 43.8 Å². The summed E-state index contributed by atoms with van der Waals surface area (Å²) >= 11 is 0. The standard InChI is InChI=1S/C31H27F2N13/c32-31(33)45-18-25(42-43-45)23-7-8-24-30(39-23)46(29(40-24)22-2-1-12-37-28(22)35)21-5-3-19(4-6-21)17-44-14-10-20(11-15-44)38-26-9-13-36-27(16-34)41-26/h1-9,12-13,18,20,31H,10-11,14-15,17H2,(H2,35,37)(H,36,38,41). The Hall–Kier alpha value is -5.88. The fraction of sp³-hybridized carbons (Fsp3) is 0.226. The number of anilines is 2. The van der Waals surface area contributed by atoms with Gasteiger partial charge in [0.2, 0.25) is 5.82 Å². The van der Waals surface area contributed by atoms with Gasteiger partial charge in [-0.25, -0.2) is 24.9 Å². The first-order valence-corrected chi connectivity index (χ1v) is 14.6. The maximum absolute atomic E-state index is 13.2. The van der Waals surface area contributed by atoms with E-state index in [1.54, 1.807) is 36.7 Å². The summed E-state index contributed by atoms with van der Waals surface area (Å²) in [5, 5.41) is 19.9. The molecule has 0 radical (unpaired) electrons. The number of nitrogens with two attached hydrogens (primary N) is 1. The molecule has 0 amide bonds. The Balaban J connectivity index is 1.13. The van der Waals surface area contributed by atoms with Gasteiger partial charge >= 0.3 is 6.55 Å². The largest absolute Gasteiger partial charge is 0.383 e. The number of piperidine rings is 1. The van der Waals surface area contributed by atoms with Gasteiger partial charge in [0.15, 0.2) is 11.5 Å². The van der Waals surface area contributed by atoms with Crippen molar-refractivity contribution < 1.29 is 8.78 Å². The van der Waals surface area contributed by atoms with Gasteiger partial charge in [-0.1, -0.05) is 17.3 Å². The Labute approximate surface area is 261 Å². The summed E-state index contributed by atoms with van der Waals surface area (Å²) in [6.45, 7) is -0.196. The first kappa shape index (κ1) is 28.9. The number of fused-ring (bicyclic) bond motifs is 1. The Kier molecular flexibility index (Phi) is 7.69. The smallest absolute Gasteiger partial charge is 0.334 e. The molecule has 5 aromatic heterocycles. The van der Waals surface area contributed by atoms with Crippen LogP contribution in [0.2, 0.25) is 0 Å². The summed E-state index contributed by atoms with van der Waals surface area (Å²) < 4.78 is 28.7. The number of hydrogen-bond donors (Lipinski definition) is 2. The van der Waals surface area contributed by atoms with E-state index in [1.807, 2.05) is 28.8 Å². The molecular weight excluding hydrogens is 592 g/mol. The third-order valence-corrected chi connectivity index (χ3v) is 7.85. The molecule has 6 aromatic rings. The van der Waals surface area contributed by atoms with E-state index >= 15 is 0 Å². The second-order valence-corrected chi connectivity index (χ2v) is 10.8. The van der Waals surface area contributed by atoms with E-state index in [1.165, 1.54) is 0 Å². The molecule has 6 heterocycles. The average molecular weight is 620 g/mol. The lowest BCUT2D eigenvalue weighted by Gasteiger charge is -2.32. The van der Waals surface area contributed by atoms with Crippen LogP contribution in [-0.4, -0.2) is 68.5 Å². The van der Waals surface area contributed by atoms with Crippen molar-refractivity contribution in [3.8, 4) is 34.5 Å². The van der Waals surface area contributed by atoms with Crippen LogP contribution in [0, 0.1) is 11.3 Å². The zero-order chi connectivity index (χ0) is 31.6. The number of likely N-dealkylation sites (tertiary alicyclic amines) is 1. The normalized spacial score (nSPS) is 14.1. The highest BCUT2D eigenvalue weighted by Gasteiger charge is 2.22. The molecular formula is C31H27F2N13. The molecule has 1 fully saturated rings. The van der Waals surface area contributed by atoms with Crippen molar-refractivity contribution in [2.75, 3.05) is 24.1 Å². The van der Waals surface area contributed by atoms with Crippen LogP contribution >= 0.6 is 0 Å². The number of pyridine rings is 2. The fourth-order valence-electron chi connectivity index (χ4n) is 5.57. The molecule has 0 unspecified atom stereocenters. The summed E-state index contributed by atoms with van der Waals surface area (Å²) in [6.07, 6.45) is 6.25. The van der Waals surface area contributed by atoms with Crippen LogP contribution in [0.1, 0.15) is 30.8 Å². The van der Waals surface area contributed by atoms with E-state index in [0.717, 1.165) is 49.9 Å². The van der Waals surface area contributed by atoms with E-state index in [0.29, 0.717) is 44.6 Å². The minimum atomic E-state index is -2.81. The van der Waals surface area contributed by atoms with E-state index in [2.05, 4.69) is 47.6 Å². The van der Waals surface area contributed by atoms with Crippen LogP contribution in [0.5, 0.6) is 0 Å². The minimum absolute atomic E-state index is 0.153. The summed E-state index contributed by atoms with van der Waals surface area (Å²) in [5.41, 5.74) is 10.5.